The Kier molecular flexibility index (Phi) is 4.25. The molecule has 1 heterocycles. The van der Waals surface area contributed by atoms with Crippen molar-refractivity contribution < 1.29 is 9.53 Å². The van der Waals surface area contributed by atoms with E-state index in [9.17, 15) is 4.79 Å². The zero-order valence-electron chi connectivity index (χ0n) is 11.7. The molecule has 1 aromatic rings. The maximum atomic E-state index is 12.7. The molecule has 5 heteroatoms. The molecule has 0 aromatic heterocycles. The van der Waals surface area contributed by atoms with E-state index in [1.807, 2.05) is 23.1 Å². The van der Waals surface area contributed by atoms with Gasteiger partial charge in [-0.25, -0.2) is 0 Å². The Balaban J connectivity index is 0.00000147. The summed E-state index contributed by atoms with van der Waals surface area (Å²) in [4.78, 5) is 14.5. The number of hydrogen-bond donors (Lipinski definition) is 1. The summed E-state index contributed by atoms with van der Waals surface area (Å²) >= 11 is 0. The van der Waals surface area contributed by atoms with E-state index in [0.29, 0.717) is 0 Å². The Bertz CT molecular complexity index is 513. The predicted octanol–water partition coefficient (Wildman–Crippen LogP) is 2.28. The minimum atomic E-state index is -0.637. The van der Waals surface area contributed by atoms with Crippen molar-refractivity contribution in [3.05, 3.63) is 23.8 Å². The normalized spacial score (nSPS) is 19.4. The third kappa shape index (κ3) is 2.38. The van der Waals surface area contributed by atoms with Crippen molar-refractivity contribution >= 4 is 24.0 Å². The number of methoxy groups -OCH3 is 1. The van der Waals surface area contributed by atoms with E-state index in [2.05, 4.69) is 0 Å². The lowest BCUT2D eigenvalue weighted by atomic mass is 9.97. The summed E-state index contributed by atoms with van der Waals surface area (Å²) in [6.45, 7) is 0.736. The Hall–Kier alpha value is -1.26. The number of carbonyl (C=O) groups excluding carboxylic acids is 1. The minimum Gasteiger partial charge on any atom is -0.497 e. The summed E-state index contributed by atoms with van der Waals surface area (Å²) in [6.07, 6.45) is 4.63. The lowest BCUT2D eigenvalue weighted by molar-refractivity contribution is -0.123. The SMILES string of the molecule is COc1ccc2c(c1)CCN2C(=O)C1(N)CCCC1.Cl. The average molecular weight is 297 g/mol. The standard InChI is InChI=1S/C15H20N2O2.ClH/c1-19-12-4-5-13-11(10-12)6-9-17(13)14(18)15(16)7-2-3-8-15;/h4-5,10H,2-3,6-9,16H2,1H3;1H. The van der Waals surface area contributed by atoms with Crippen molar-refractivity contribution in [1.29, 1.82) is 0 Å². The number of amides is 1. The quantitative estimate of drug-likeness (QED) is 0.911. The van der Waals surface area contributed by atoms with Crippen LogP contribution in [0.1, 0.15) is 31.2 Å². The van der Waals surface area contributed by atoms with Crippen LogP contribution >= 0.6 is 12.4 Å². The van der Waals surface area contributed by atoms with Gasteiger partial charge in [-0.1, -0.05) is 12.8 Å². The Morgan fingerprint density at radius 1 is 1.35 bits per heavy atom. The van der Waals surface area contributed by atoms with Gasteiger partial charge in [-0.3, -0.25) is 4.79 Å². The number of ether oxygens (including phenoxy) is 1. The Labute approximate surface area is 125 Å². The number of fused-ring (bicyclic) bond motifs is 1. The summed E-state index contributed by atoms with van der Waals surface area (Å²) in [7, 11) is 1.66. The van der Waals surface area contributed by atoms with E-state index >= 15 is 0 Å². The third-order valence-corrected chi connectivity index (χ3v) is 4.35. The van der Waals surface area contributed by atoms with Crippen molar-refractivity contribution in [2.45, 2.75) is 37.6 Å². The molecular formula is C15H21ClN2O2. The fourth-order valence-electron chi connectivity index (χ4n) is 3.20. The zero-order valence-corrected chi connectivity index (χ0v) is 12.5. The Morgan fingerprint density at radius 2 is 2.05 bits per heavy atom. The first-order valence-electron chi connectivity index (χ1n) is 6.92. The number of halogens is 1. The van der Waals surface area contributed by atoms with Gasteiger partial charge in [0.2, 0.25) is 5.91 Å². The lowest BCUT2D eigenvalue weighted by Crippen LogP contribution is -2.53. The summed E-state index contributed by atoms with van der Waals surface area (Å²) in [5, 5.41) is 0. The first-order valence-corrected chi connectivity index (χ1v) is 6.92. The van der Waals surface area contributed by atoms with E-state index in [0.717, 1.165) is 50.1 Å². The van der Waals surface area contributed by atoms with Crippen LogP contribution in [0.5, 0.6) is 5.75 Å². The number of nitrogens with zero attached hydrogens (tertiary/aromatic N) is 1. The van der Waals surface area contributed by atoms with Gasteiger partial charge < -0.3 is 15.4 Å². The second-order valence-corrected chi connectivity index (χ2v) is 5.56. The molecule has 2 aliphatic rings. The van der Waals surface area contributed by atoms with Crippen molar-refractivity contribution in [3.8, 4) is 5.75 Å². The van der Waals surface area contributed by atoms with Crippen LogP contribution in [-0.2, 0) is 11.2 Å². The van der Waals surface area contributed by atoms with E-state index in [4.69, 9.17) is 10.5 Å². The van der Waals surface area contributed by atoms with E-state index in [1.165, 1.54) is 5.56 Å². The van der Waals surface area contributed by atoms with Crippen LogP contribution < -0.4 is 15.4 Å². The highest BCUT2D eigenvalue weighted by molar-refractivity contribution is 6.01. The highest BCUT2D eigenvalue weighted by Gasteiger charge is 2.41. The third-order valence-electron chi connectivity index (χ3n) is 4.35. The molecule has 0 atom stereocenters. The maximum Gasteiger partial charge on any atom is 0.247 e. The zero-order chi connectivity index (χ0) is 13.5. The van der Waals surface area contributed by atoms with Gasteiger partial charge >= 0.3 is 0 Å². The Morgan fingerprint density at radius 3 is 2.70 bits per heavy atom. The van der Waals surface area contributed by atoms with Crippen LogP contribution in [-0.4, -0.2) is 25.1 Å². The molecule has 3 rings (SSSR count). The minimum absolute atomic E-state index is 0. The molecule has 2 N–H and O–H groups in total. The highest BCUT2D eigenvalue weighted by Crippen LogP contribution is 2.36. The van der Waals surface area contributed by atoms with Crippen LogP contribution in [0.4, 0.5) is 5.69 Å². The molecule has 20 heavy (non-hydrogen) atoms. The predicted molar refractivity (Wildman–Crippen MR) is 81.7 cm³/mol. The van der Waals surface area contributed by atoms with Gasteiger partial charge in [0.25, 0.3) is 0 Å². The molecule has 0 radical (unpaired) electrons. The van der Waals surface area contributed by atoms with Gasteiger partial charge in [0.05, 0.1) is 12.6 Å². The molecule has 4 nitrogen and oxygen atoms in total. The first kappa shape index (κ1) is 15.1. The molecule has 1 aliphatic carbocycles. The van der Waals surface area contributed by atoms with Gasteiger partial charge in [-0.05, 0) is 43.0 Å². The van der Waals surface area contributed by atoms with Crippen molar-refractivity contribution in [1.82, 2.24) is 0 Å². The summed E-state index contributed by atoms with van der Waals surface area (Å²) in [5.41, 5.74) is 7.82. The number of anilines is 1. The molecule has 1 fully saturated rings. The first-order chi connectivity index (χ1) is 9.14. The molecule has 0 spiro atoms. The lowest BCUT2D eigenvalue weighted by Gasteiger charge is -2.29. The smallest absolute Gasteiger partial charge is 0.247 e. The summed E-state index contributed by atoms with van der Waals surface area (Å²) in [6, 6.07) is 5.89. The fourth-order valence-corrected chi connectivity index (χ4v) is 3.20. The number of hydrogen-bond acceptors (Lipinski definition) is 3. The summed E-state index contributed by atoms with van der Waals surface area (Å²) in [5.74, 6) is 0.935. The number of rotatable bonds is 2. The van der Waals surface area contributed by atoms with Gasteiger partial charge in [0.15, 0.2) is 0 Å². The van der Waals surface area contributed by atoms with E-state index < -0.39 is 5.54 Å². The monoisotopic (exact) mass is 296 g/mol. The molecule has 1 aromatic carbocycles. The molecule has 0 unspecified atom stereocenters. The fraction of sp³-hybridized carbons (Fsp3) is 0.533. The molecule has 0 saturated heterocycles. The van der Waals surface area contributed by atoms with Crippen LogP contribution in [0.15, 0.2) is 18.2 Å². The van der Waals surface area contributed by atoms with Gasteiger partial charge in [0.1, 0.15) is 5.75 Å². The number of carbonyl (C=O) groups is 1. The van der Waals surface area contributed by atoms with Crippen molar-refractivity contribution in [2.24, 2.45) is 5.73 Å². The van der Waals surface area contributed by atoms with E-state index in [1.54, 1.807) is 7.11 Å². The van der Waals surface area contributed by atoms with E-state index in [-0.39, 0.29) is 18.3 Å². The molecule has 0 bridgehead atoms. The average Bonchev–Trinajstić information content (AvgIpc) is 3.04. The molecule has 1 saturated carbocycles. The van der Waals surface area contributed by atoms with Crippen molar-refractivity contribution in [3.63, 3.8) is 0 Å². The van der Waals surface area contributed by atoms with Gasteiger partial charge in [-0.15, -0.1) is 12.4 Å². The largest absolute Gasteiger partial charge is 0.497 e. The second kappa shape index (κ2) is 5.62. The molecule has 1 aliphatic heterocycles. The second-order valence-electron chi connectivity index (χ2n) is 5.56. The topological polar surface area (TPSA) is 55.6 Å². The summed E-state index contributed by atoms with van der Waals surface area (Å²) < 4.78 is 5.23. The highest BCUT2D eigenvalue weighted by atomic mass is 35.5. The molecular weight excluding hydrogens is 276 g/mol. The molecule has 1 amide bonds. The maximum absolute atomic E-state index is 12.7. The van der Waals surface area contributed by atoms with Crippen LogP contribution in [0.25, 0.3) is 0 Å². The van der Waals surface area contributed by atoms with Crippen LogP contribution in [0.2, 0.25) is 0 Å². The van der Waals surface area contributed by atoms with Crippen LogP contribution in [0.3, 0.4) is 0 Å². The number of nitrogens with two attached hydrogens (primary N) is 1. The number of benzene rings is 1. The van der Waals surface area contributed by atoms with Gasteiger partial charge in [0, 0.05) is 12.2 Å². The van der Waals surface area contributed by atoms with Gasteiger partial charge in [-0.2, -0.15) is 0 Å². The van der Waals surface area contributed by atoms with Crippen molar-refractivity contribution in [2.75, 3.05) is 18.6 Å². The molecule has 110 valence electrons. The van der Waals surface area contributed by atoms with Crippen LogP contribution in [0, 0.1) is 0 Å².